The molecule has 1 aliphatic heterocycles. The Hall–Kier alpha value is -1.55. The first-order chi connectivity index (χ1) is 8.70. The summed E-state index contributed by atoms with van der Waals surface area (Å²) in [6, 6.07) is 7.57. The smallest absolute Gasteiger partial charge is 0.253 e. The van der Waals surface area contributed by atoms with Gasteiger partial charge in [-0.3, -0.25) is 4.79 Å². The van der Waals surface area contributed by atoms with Crippen molar-refractivity contribution in [2.75, 3.05) is 19.7 Å². The number of amides is 1. The van der Waals surface area contributed by atoms with Gasteiger partial charge in [0.25, 0.3) is 5.91 Å². The standard InChI is InChI=1S/C14H20N2O2/c1-2-18-13-5-3-11(4-6-13)14(17)16-9-7-12(15)8-10-16/h3-6,12H,2,7-10,15H2,1H3. The molecule has 0 bridgehead atoms. The molecule has 1 fully saturated rings. The van der Waals surface area contributed by atoms with Crippen LogP contribution in [0.1, 0.15) is 30.1 Å². The van der Waals surface area contributed by atoms with Crippen molar-refractivity contribution >= 4 is 5.91 Å². The van der Waals surface area contributed by atoms with E-state index in [2.05, 4.69) is 0 Å². The molecule has 1 amide bonds. The third-order valence-electron chi connectivity index (χ3n) is 3.24. The van der Waals surface area contributed by atoms with Crippen LogP contribution < -0.4 is 10.5 Å². The number of nitrogens with two attached hydrogens (primary N) is 1. The number of nitrogens with zero attached hydrogens (tertiary/aromatic N) is 1. The molecule has 4 nitrogen and oxygen atoms in total. The molecule has 0 radical (unpaired) electrons. The van der Waals surface area contributed by atoms with E-state index in [9.17, 15) is 4.79 Å². The van der Waals surface area contributed by atoms with E-state index in [0.717, 1.165) is 31.7 Å². The summed E-state index contributed by atoms with van der Waals surface area (Å²) >= 11 is 0. The highest BCUT2D eigenvalue weighted by Gasteiger charge is 2.21. The molecule has 2 rings (SSSR count). The SMILES string of the molecule is CCOc1ccc(C(=O)N2CCC(N)CC2)cc1. The van der Waals surface area contributed by atoms with Crippen molar-refractivity contribution in [2.24, 2.45) is 5.73 Å². The molecule has 1 heterocycles. The number of likely N-dealkylation sites (tertiary alicyclic amines) is 1. The van der Waals surface area contributed by atoms with Crippen molar-refractivity contribution in [1.29, 1.82) is 0 Å². The van der Waals surface area contributed by atoms with E-state index in [1.54, 1.807) is 0 Å². The number of carbonyl (C=O) groups excluding carboxylic acids is 1. The summed E-state index contributed by atoms with van der Waals surface area (Å²) < 4.78 is 5.36. The predicted octanol–water partition coefficient (Wildman–Crippen LogP) is 1.65. The molecule has 1 aromatic carbocycles. The second-order valence-corrected chi connectivity index (χ2v) is 4.59. The van der Waals surface area contributed by atoms with Crippen molar-refractivity contribution in [1.82, 2.24) is 4.90 Å². The molecule has 4 heteroatoms. The van der Waals surface area contributed by atoms with Crippen molar-refractivity contribution in [3.8, 4) is 5.75 Å². The molecule has 1 aromatic rings. The number of carbonyl (C=O) groups is 1. The molecule has 0 aromatic heterocycles. The van der Waals surface area contributed by atoms with Crippen LogP contribution in [0.5, 0.6) is 5.75 Å². The van der Waals surface area contributed by atoms with E-state index in [4.69, 9.17) is 10.5 Å². The second kappa shape index (κ2) is 5.87. The molecule has 0 saturated carbocycles. The first-order valence-corrected chi connectivity index (χ1v) is 6.48. The summed E-state index contributed by atoms with van der Waals surface area (Å²) in [4.78, 5) is 14.1. The summed E-state index contributed by atoms with van der Waals surface area (Å²) in [5.41, 5.74) is 6.55. The maximum Gasteiger partial charge on any atom is 0.253 e. The van der Waals surface area contributed by atoms with Gasteiger partial charge < -0.3 is 15.4 Å². The largest absolute Gasteiger partial charge is 0.494 e. The lowest BCUT2D eigenvalue weighted by Crippen LogP contribution is -2.42. The normalized spacial score (nSPS) is 16.7. The molecular formula is C14H20N2O2. The lowest BCUT2D eigenvalue weighted by atomic mass is 10.0. The Labute approximate surface area is 108 Å². The highest BCUT2D eigenvalue weighted by atomic mass is 16.5. The van der Waals surface area contributed by atoms with Crippen molar-refractivity contribution in [2.45, 2.75) is 25.8 Å². The Morgan fingerprint density at radius 1 is 1.33 bits per heavy atom. The average molecular weight is 248 g/mol. The van der Waals surface area contributed by atoms with Gasteiger partial charge in [0.05, 0.1) is 6.61 Å². The maximum absolute atomic E-state index is 12.2. The topological polar surface area (TPSA) is 55.6 Å². The average Bonchev–Trinajstić information content (AvgIpc) is 2.40. The molecule has 0 atom stereocenters. The molecule has 18 heavy (non-hydrogen) atoms. The van der Waals surface area contributed by atoms with E-state index >= 15 is 0 Å². The van der Waals surface area contributed by atoms with Crippen LogP contribution in [0.4, 0.5) is 0 Å². The molecule has 1 saturated heterocycles. The third-order valence-corrected chi connectivity index (χ3v) is 3.24. The monoisotopic (exact) mass is 248 g/mol. The first-order valence-electron chi connectivity index (χ1n) is 6.48. The zero-order valence-corrected chi connectivity index (χ0v) is 10.8. The first kappa shape index (κ1) is 12.9. The van der Waals surface area contributed by atoms with E-state index < -0.39 is 0 Å². The Kier molecular flexibility index (Phi) is 4.20. The van der Waals surface area contributed by atoms with Crippen LogP contribution >= 0.6 is 0 Å². The van der Waals surface area contributed by atoms with Crippen molar-refractivity contribution in [3.63, 3.8) is 0 Å². The van der Waals surface area contributed by atoms with Gasteiger partial charge in [-0.25, -0.2) is 0 Å². The van der Waals surface area contributed by atoms with Gasteiger partial charge in [-0.2, -0.15) is 0 Å². The van der Waals surface area contributed by atoms with Gasteiger partial charge in [0.2, 0.25) is 0 Å². The molecule has 2 N–H and O–H groups in total. The van der Waals surface area contributed by atoms with Crippen LogP contribution in [0.3, 0.4) is 0 Å². The predicted molar refractivity (Wildman–Crippen MR) is 70.7 cm³/mol. The van der Waals surface area contributed by atoms with Gasteiger partial charge in [-0.05, 0) is 44.0 Å². The Morgan fingerprint density at radius 2 is 1.94 bits per heavy atom. The minimum Gasteiger partial charge on any atom is -0.494 e. The van der Waals surface area contributed by atoms with Crippen LogP contribution in [0.15, 0.2) is 24.3 Å². The zero-order chi connectivity index (χ0) is 13.0. The van der Waals surface area contributed by atoms with Crippen LogP contribution in [-0.2, 0) is 0 Å². The highest BCUT2D eigenvalue weighted by molar-refractivity contribution is 5.94. The number of rotatable bonds is 3. The van der Waals surface area contributed by atoms with Crippen molar-refractivity contribution < 1.29 is 9.53 Å². The highest BCUT2D eigenvalue weighted by Crippen LogP contribution is 2.16. The Bertz CT molecular complexity index is 395. The van der Waals surface area contributed by atoms with E-state index in [-0.39, 0.29) is 11.9 Å². The Morgan fingerprint density at radius 3 is 2.50 bits per heavy atom. The van der Waals surface area contributed by atoms with Gasteiger partial charge in [0.15, 0.2) is 0 Å². The third kappa shape index (κ3) is 3.01. The van der Waals surface area contributed by atoms with Crippen LogP contribution in [-0.4, -0.2) is 36.5 Å². The molecule has 0 unspecified atom stereocenters. The summed E-state index contributed by atoms with van der Waals surface area (Å²) in [7, 11) is 0. The number of ether oxygens (including phenoxy) is 1. The van der Waals surface area contributed by atoms with E-state index in [1.165, 1.54) is 0 Å². The number of hydrogen-bond acceptors (Lipinski definition) is 3. The molecule has 0 spiro atoms. The van der Waals surface area contributed by atoms with Crippen LogP contribution in [0, 0.1) is 0 Å². The van der Waals surface area contributed by atoms with Crippen LogP contribution in [0.2, 0.25) is 0 Å². The quantitative estimate of drug-likeness (QED) is 0.885. The lowest BCUT2D eigenvalue weighted by Gasteiger charge is -2.30. The zero-order valence-electron chi connectivity index (χ0n) is 10.8. The van der Waals surface area contributed by atoms with Gasteiger partial charge in [0, 0.05) is 24.7 Å². The summed E-state index contributed by atoms with van der Waals surface area (Å²) in [5, 5.41) is 0. The number of piperidine rings is 1. The van der Waals surface area contributed by atoms with Gasteiger partial charge in [-0.15, -0.1) is 0 Å². The van der Waals surface area contributed by atoms with E-state index in [1.807, 2.05) is 36.1 Å². The van der Waals surface area contributed by atoms with Gasteiger partial charge >= 0.3 is 0 Å². The fourth-order valence-electron chi connectivity index (χ4n) is 2.15. The minimum atomic E-state index is 0.0879. The number of hydrogen-bond donors (Lipinski definition) is 1. The summed E-state index contributed by atoms with van der Waals surface area (Å²) in [6.07, 6.45) is 1.78. The maximum atomic E-state index is 12.2. The van der Waals surface area contributed by atoms with Gasteiger partial charge in [-0.1, -0.05) is 0 Å². The summed E-state index contributed by atoms with van der Waals surface area (Å²) in [6.45, 7) is 4.09. The molecule has 0 aliphatic carbocycles. The number of benzene rings is 1. The fourth-order valence-corrected chi connectivity index (χ4v) is 2.15. The summed E-state index contributed by atoms with van der Waals surface area (Å²) in [5.74, 6) is 0.889. The fraction of sp³-hybridized carbons (Fsp3) is 0.500. The van der Waals surface area contributed by atoms with Crippen LogP contribution in [0.25, 0.3) is 0 Å². The Balaban J connectivity index is 2.00. The molecule has 1 aliphatic rings. The van der Waals surface area contributed by atoms with Gasteiger partial charge in [0.1, 0.15) is 5.75 Å². The second-order valence-electron chi connectivity index (χ2n) is 4.59. The molecule has 98 valence electrons. The minimum absolute atomic E-state index is 0.0879. The molecular weight excluding hydrogens is 228 g/mol. The van der Waals surface area contributed by atoms with Crippen molar-refractivity contribution in [3.05, 3.63) is 29.8 Å². The lowest BCUT2D eigenvalue weighted by molar-refractivity contribution is 0.0714. The van der Waals surface area contributed by atoms with E-state index in [0.29, 0.717) is 12.2 Å².